The summed E-state index contributed by atoms with van der Waals surface area (Å²) in [5, 5.41) is 17.3. The molecule has 0 heterocycles. The molecule has 0 radical (unpaired) electrons. The molecule has 4 aliphatic rings. The fraction of sp³-hybridized carbons (Fsp3) is 0.714. The van der Waals surface area contributed by atoms with Crippen molar-refractivity contribution in [3.63, 3.8) is 0 Å². The van der Waals surface area contributed by atoms with Gasteiger partial charge < -0.3 is 21.3 Å². The molecule has 10 heteroatoms. The molecule has 38 heavy (non-hydrogen) atoms. The zero-order chi connectivity index (χ0) is 28.6. The van der Waals surface area contributed by atoms with Gasteiger partial charge in [-0.15, -0.1) is 0 Å². The van der Waals surface area contributed by atoms with Gasteiger partial charge in [-0.05, 0) is 67.6 Å². The molecule has 0 bridgehead atoms. The summed E-state index contributed by atoms with van der Waals surface area (Å²) >= 11 is 0. The predicted octanol–water partition coefficient (Wildman–Crippen LogP) is 3.31. The molecule has 3 fully saturated rings. The number of esters is 1. The van der Waals surface area contributed by atoms with Gasteiger partial charge in [0.2, 0.25) is 0 Å². The summed E-state index contributed by atoms with van der Waals surface area (Å²) in [4.78, 5) is 37.1. The van der Waals surface area contributed by atoms with Crippen molar-refractivity contribution in [3.05, 3.63) is 23.8 Å². The fourth-order valence-corrected chi connectivity index (χ4v) is 7.89. The minimum Gasteiger partial charge on any atom is -0.458 e. The van der Waals surface area contributed by atoms with Crippen molar-refractivity contribution in [1.29, 1.82) is 5.41 Å². The number of guanidine groups is 1. The number of aliphatic hydroxyl groups is 1. The number of nitrogens with two attached hydrogens (primary N) is 2. The number of nitrogens with one attached hydrogen (secondary N) is 1. The summed E-state index contributed by atoms with van der Waals surface area (Å²) in [5.41, 5.74) is 4.73. The number of unbranched alkanes of at least 4 members (excludes halogenated alkanes) is 1. The Morgan fingerprint density at radius 2 is 1.87 bits per heavy atom. The molecule has 0 aromatic carbocycles. The molecule has 0 saturated heterocycles. The Labute approximate surface area is 222 Å². The number of allylic oxidation sites excluding steroid dienone is 4. The summed E-state index contributed by atoms with van der Waals surface area (Å²) in [6, 6.07) is 0. The summed E-state index contributed by atoms with van der Waals surface area (Å²) in [6.07, 6.45) is 3.20. The average molecular weight is 538 g/mol. The topological polar surface area (TPSA) is 157 Å². The van der Waals surface area contributed by atoms with Crippen molar-refractivity contribution in [3.8, 4) is 0 Å². The van der Waals surface area contributed by atoms with Gasteiger partial charge in [0, 0.05) is 23.7 Å². The number of fused-ring (bicyclic) bond motifs is 5. The number of ether oxygens (including phenoxy) is 1. The van der Waals surface area contributed by atoms with E-state index in [-0.39, 0.29) is 60.8 Å². The molecule has 0 aromatic heterocycles. The monoisotopic (exact) mass is 537 g/mol. The molecule has 0 aromatic rings. The highest BCUT2D eigenvalue weighted by Crippen LogP contribution is 2.70. The molecule has 8 nitrogen and oxygen atoms in total. The number of hydrogen-bond donors (Lipinski definition) is 4. The van der Waals surface area contributed by atoms with Gasteiger partial charge in [-0.2, -0.15) is 0 Å². The van der Waals surface area contributed by atoms with Crippen molar-refractivity contribution in [1.82, 2.24) is 0 Å². The zero-order valence-corrected chi connectivity index (χ0v) is 22.6. The van der Waals surface area contributed by atoms with E-state index in [1.54, 1.807) is 6.92 Å². The van der Waals surface area contributed by atoms with Crippen LogP contribution in [0.4, 0.5) is 8.78 Å². The van der Waals surface area contributed by atoms with Gasteiger partial charge in [-0.25, -0.2) is 8.78 Å². The summed E-state index contributed by atoms with van der Waals surface area (Å²) < 4.78 is 37.7. The zero-order valence-electron chi connectivity index (χ0n) is 22.6. The Balaban J connectivity index is 0.000000934. The van der Waals surface area contributed by atoms with Gasteiger partial charge in [0.1, 0.15) is 12.8 Å². The molecule has 0 amide bonds. The molecule has 4 aliphatic carbocycles. The average Bonchev–Trinajstić information content (AvgIpc) is 3.08. The molecule has 212 valence electrons. The number of carbonyl (C=O) groups excluding carboxylic acids is 3. The Morgan fingerprint density at radius 3 is 2.47 bits per heavy atom. The van der Waals surface area contributed by atoms with Crippen molar-refractivity contribution < 1.29 is 33.0 Å². The highest BCUT2D eigenvalue weighted by atomic mass is 19.1. The van der Waals surface area contributed by atoms with E-state index in [9.17, 15) is 19.5 Å². The second-order valence-corrected chi connectivity index (χ2v) is 11.8. The minimum absolute atomic E-state index is 0.0524. The number of aliphatic hydroxyl groups excluding tert-OH is 1. The minimum atomic E-state index is -2.15. The quantitative estimate of drug-likeness (QED) is 0.230. The van der Waals surface area contributed by atoms with Crippen LogP contribution < -0.4 is 11.5 Å². The van der Waals surface area contributed by atoms with Gasteiger partial charge in [-0.3, -0.25) is 19.8 Å². The maximum atomic E-state index is 17.1. The van der Waals surface area contributed by atoms with Crippen molar-refractivity contribution in [2.45, 2.75) is 84.2 Å². The standard InChI is InChI=1S/C27H36F2O5.CH5N3/c1-5-6-7-23(33)34-14-21(31)24-15(2)10-17-18-12-20(28)19-11-16(30)8-9-26(19,4)27(18,29)22(32)13-25(17,24)3;2-1(3)4/h8-9,11,15,17-18,20,22,24,32H,5-7,10,12-14H2,1-4H3;(H5,2,3,4)/t15-,17+,18+,20+,22+,24-,25+,26+,27+;/m1./s1. The Bertz CT molecular complexity index is 1040. The second kappa shape index (κ2) is 10.9. The van der Waals surface area contributed by atoms with Gasteiger partial charge in [-0.1, -0.05) is 33.3 Å². The van der Waals surface area contributed by atoms with Crippen LogP contribution in [-0.2, 0) is 19.1 Å². The number of ketones is 2. The molecular weight excluding hydrogens is 496 g/mol. The van der Waals surface area contributed by atoms with Gasteiger partial charge >= 0.3 is 5.97 Å². The molecule has 0 spiro atoms. The maximum absolute atomic E-state index is 17.1. The summed E-state index contributed by atoms with van der Waals surface area (Å²) in [7, 11) is 0. The predicted molar refractivity (Wildman–Crippen MR) is 138 cm³/mol. The van der Waals surface area contributed by atoms with Gasteiger partial charge in [0.25, 0.3) is 0 Å². The largest absolute Gasteiger partial charge is 0.458 e. The van der Waals surface area contributed by atoms with Gasteiger partial charge in [0.15, 0.2) is 23.2 Å². The van der Waals surface area contributed by atoms with E-state index in [4.69, 9.17) is 10.1 Å². The van der Waals surface area contributed by atoms with Crippen molar-refractivity contribution >= 4 is 23.5 Å². The van der Waals surface area contributed by atoms with Crippen LogP contribution in [0.1, 0.15) is 66.2 Å². The van der Waals surface area contributed by atoms with Crippen LogP contribution in [0.5, 0.6) is 0 Å². The van der Waals surface area contributed by atoms with Crippen molar-refractivity contribution in [2.75, 3.05) is 6.61 Å². The summed E-state index contributed by atoms with van der Waals surface area (Å²) in [5.74, 6) is -3.08. The fourth-order valence-electron chi connectivity index (χ4n) is 7.89. The molecule has 0 aliphatic heterocycles. The van der Waals surface area contributed by atoms with Crippen molar-refractivity contribution in [2.24, 2.45) is 46.0 Å². The normalized spacial score (nSPS) is 41.0. The first-order chi connectivity index (χ1) is 17.6. The lowest BCUT2D eigenvalue weighted by atomic mass is 9.45. The molecule has 9 atom stereocenters. The second-order valence-electron chi connectivity index (χ2n) is 11.8. The number of Topliss-reactive ketones (excluding diaryl/α,β-unsaturated/α-hetero) is 1. The van der Waals surface area contributed by atoms with Crippen LogP contribution in [-0.4, -0.2) is 53.2 Å². The molecule has 6 N–H and O–H groups in total. The molecule has 0 unspecified atom stereocenters. The third-order valence-electron chi connectivity index (χ3n) is 9.43. The Hall–Kier alpha value is -2.62. The van der Waals surface area contributed by atoms with Gasteiger partial charge in [0.05, 0.1) is 6.10 Å². The van der Waals surface area contributed by atoms with Crippen LogP contribution in [0.3, 0.4) is 0 Å². The summed E-state index contributed by atoms with van der Waals surface area (Å²) in [6.45, 7) is 7.03. The van der Waals surface area contributed by atoms with E-state index < -0.39 is 46.6 Å². The lowest BCUT2D eigenvalue weighted by Gasteiger charge is -2.62. The third-order valence-corrected chi connectivity index (χ3v) is 9.43. The molecular formula is C28H41F2N3O5. The number of halogens is 2. The number of alkyl halides is 2. The molecule has 4 rings (SSSR count). The van der Waals surface area contributed by atoms with Crippen LogP contribution >= 0.6 is 0 Å². The van der Waals surface area contributed by atoms with E-state index in [0.29, 0.717) is 12.8 Å². The number of carbonyl (C=O) groups is 3. The number of hydrogen-bond acceptors (Lipinski definition) is 6. The highest BCUT2D eigenvalue weighted by molar-refractivity contribution is 6.01. The van der Waals surface area contributed by atoms with E-state index in [1.165, 1.54) is 18.2 Å². The highest BCUT2D eigenvalue weighted by Gasteiger charge is 2.73. The lowest BCUT2D eigenvalue weighted by Crippen LogP contribution is -2.68. The smallest absolute Gasteiger partial charge is 0.306 e. The first-order valence-corrected chi connectivity index (χ1v) is 13.4. The van der Waals surface area contributed by atoms with Crippen LogP contribution in [0, 0.1) is 39.9 Å². The van der Waals surface area contributed by atoms with Crippen LogP contribution in [0.15, 0.2) is 23.8 Å². The SMILES string of the molecule is CCCCC(=O)OCC(=O)[C@H]1[C@H](C)C[C@H]2[C@@H]3C[C@H](F)C4=CC(=O)C=C[C@]4(C)[C@@]3(F)[C@@H](O)C[C@@]21C.N=C(N)N. The van der Waals surface area contributed by atoms with E-state index >= 15 is 8.78 Å². The van der Waals surface area contributed by atoms with E-state index in [1.807, 2.05) is 20.8 Å². The Kier molecular flexibility index (Phi) is 8.56. The number of rotatable bonds is 6. The van der Waals surface area contributed by atoms with E-state index in [2.05, 4.69) is 11.5 Å². The molecule has 3 saturated carbocycles. The van der Waals surface area contributed by atoms with Crippen LogP contribution in [0.25, 0.3) is 0 Å². The lowest BCUT2D eigenvalue weighted by molar-refractivity contribution is -0.202. The maximum Gasteiger partial charge on any atom is 0.306 e. The third kappa shape index (κ3) is 4.92. The van der Waals surface area contributed by atoms with E-state index in [0.717, 1.165) is 6.42 Å². The van der Waals surface area contributed by atoms with Crippen LogP contribution in [0.2, 0.25) is 0 Å². The first kappa shape index (κ1) is 29.9. The first-order valence-electron chi connectivity index (χ1n) is 13.4. The Morgan fingerprint density at radius 1 is 1.24 bits per heavy atom.